The maximum atomic E-state index is 13.2. The molecule has 0 fully saturated rings. The highest BCUT2D eigenvalue weighted by Crippen LogP contribution is 2.29. The number of benzene rings is 1. The van der Waals surface area contributed by atoms with E-state index in [2.05, 4.69) is 20.4 Å². The third kappa shape index (κ3) is 5.64. The molecule has 1 aromatic rings. The quantitative estimate of drug-likeness (QED) is 0.665. The zero-order valence-electron chi connectivity index (χ0n) is 13.5. The van der Waals surface area contributed by atoms with Crippen molar-refractivity contribution in [1.82, 2.24) is 0 Å². The van der Waals surface area contributed by atoms with E-state index in [1.807, 2.05) is 20.8 Å². The third-order valence-corrected chi connectivity index (χ3v) is 3.27. The SMILES string of the molecule is C=C(C)C(C)(C)CCOc1ccc(F)c(OC)c1.CC. The molecule has 0 spiro atoms. The van der Waals surface area contributed by atoms with Gasteiger partial charge in [-0.2, -0.15) is 0 Å². The van der Waals surface area contributed by atoms with Crippen LogP contribution in [-0.4, -0.2) is 13.7 Å². The van der Waals surface area contributed by atoms with Crippen LogP contribution in [0.2, 0.25) is 0 Å². The summed E-state index contributed by atoms with van der Waals surface area (Å²) in [4.78, 5) is 0. The molecule has 0 saturated carbocycles. The fourth-order valence-electron chi connectivity index (χ4n) is 1.37. The molecule has 0 bridgehead atoms. The number of hydrogen-bond acceptors (Lipinski definition) is 2. The van der Waals surface area contributed by atoms with E-state index in [1.54, 1.807) is 12.1 Å². The minimum Gasteiger partial charge on any atom is -0.494 e. The highest BCUT2D eigenvalue weighted by Gasteiger charge is 2.18. The smallest absolute Gasteiger partial charge is 0.165 e. The number of allylic oxidation sites excluding steroid dienone is 1. The van der Waals surface area contributed by atoms with Crippen molar-refractivity contribution < 1.29 is 13.9 Å². The van der Waals surface area contributed by atoms with Crippen molar-refractivity contribution in [2.24, 2.45) is 5.41 Å². The molecule has 2 nitrogen and oxygen atoms in total. The average molecular weight is 282 g/mol. The Kier molecular flexibility index (Phi) is 7.97. The van der Waals surface area contributed by atoms with E-state index in [9.17, 15) is 4.39 Å². The van der Waals surface area contributed by atoms with Crippen molar-refractivity contribution in [3.05, 3.63) is 36.2 Å². The lowest BCUT2D eigenvalue weighted by molar-refractivity contribution is 0.252. The van der Waals surface area contributed by atoms with Crippen molar-refractivity contribution in [1.29, 1.82) is 0 Å². The Morgan fingerprint density at radius 3 is 2.40 bits per heavy atom. The monoisotopic (exact) mass is 282 g/mol. The molecule has 114 valence electrons. The zero-order valence-corrected chi connectivity index (χ0v) is 13.5. The zero-order chi connectivity index (χ0) is 15.8. The summed E-state index contributed by atoms with van der Waals surface area (Å²) < 4.78 is 23.7. The standard InChI is InChI=1S/C15H21FO2.C2H6/c1-11(2)15(3,4)8-9-18-12-6-7-13(16)14(10-12)17-5;1-2/h6-7,10H,1,8-9H2,2-5H3;1-2H3. The normalized spacial score (nSPS) is 10.3. The first-order chi connectivity index (χ1) is 9.36. The topological polar surface area (TPSA) is 18.5 Å². The second-order valence-corrected chi connectivity index (χ2v) is 5.06. The molecular weight excluding hydrogens is 255 g/mol. The van der Waals surface area contributed by atoms with E-state index < -0.39 is 0 Å². The van der Waals surface area contributed by atoms with Gasteiger partial charge in [-0.05, 0) is 30.9 Å². The van der Waals surface area contributed by atoms with Crippen LogP contribution in [0.25, 0.3) is 0 Å². The minimum absolute atomic E-state index is 0.0458. The molecule has 0 radical (unpaired) electrons. The first-order valence-corrected chi connectivity index (χ1v) is 6.99. The number of ether oxygens (including phenoxy) is 2. The lowest BCUT2D eigenvalue weighted by Crippen LogP contribution is -2.16. The summed E-state index contributed by atoms with van der Waals surface area (Å²) in [5.41, 5.74) is 1.17. The second kappa shape index (κ2) is 8.62. The van der Waals surface area contributed by atoms with Crippen LogP contribution in [0.15, 0.2) is 30.4 Å². The summed E-state index contributed by atoms with van der Waals surface area (Å²) >= 11 is 0. The van der Waals surface area contributed by atoms with Crippen molar-refractivity contribution >= 4 is 0 Å². The van der Waals surface area contributed by atoms with Gasteiger partial charge in [-0.1, -0.05) is 39.8 Å². The van der Waals surface area contributed by atoms with E-state index in [0.29, 0.717) is 12.4 Å². The Balaban J connectivity index is 0.00000172. The summed E-state index contributed by atoms with van der Waals surface area (Å²) in [6.45, 7) is 14.8. The van der Waals surface area contributed by atoms with Crippen molar-refractivity contribution in [2.45, 2.75) is 41.0 Å². The molecule has 0 unspecified atom stereocenters. The average Bonchev–Trinajstić information content (AvgIpc) is 2.42. The van der Waals surface area contributed by atoms with Crippen molar-refractivity contribution in [3.63, 3.8) is 0 Å². The van der Waals surface area contributed by atoms with E-state index >= 15 is 0 Å². The second-order valence-electron chi connectivity index (χ2n) is 5.06. The maximum absolute atomic E-state index is 13.2. The molecule has 3 heteroatoms. The van der Waals surface area contributed by atoms with Crippen molar-refractivity contribution in [3.8, 4) is 11.5 Å². The number of rotatable bonds is 6. The molecule has 20 heavy (non-hydrogen) atoms. The lowest BCUT2D eigenvalue weighted by Gasteiger charge is -2.24. The Hall–Kier alpha value is -1.51. The van der Waals surface area contributed by atoms with Gasteiger partial charge < -0.3 is 9.47 Å². The Morgan fingerprint density at radius 1 is 1.30 bits per heavy atom. The van der Waals surface area contributed by atoms with Gasteiger partial charge in [0.1, 0.15) is 5.75 Å². The molecule has 0 amide bonds. The lowest BCUT2D eigenvalue weighted by atomic mass is 9.83. The van der Waals surface area contributed by atoms with Crippen LogP contribution >= 0.6 is 0 Å². The Bertz CT molecular complexity index is 425. The molecule has 0 N–H and O–H groups in total. The van der Waals surface area contributed by atoms with E-state index in [4.69, 9.17) is 9.47 Å². The predicted octanol–water partition coefficient (Wildman–Crippen LogP) is 5.23. The van der Waals surface area contributed by atoms with E-state index in [1.165, 1.54) is 13.2 Å². The summed E-state index contributed by atoms with van der Waals surface area (Å²) in [5, 5.41) is 0. The highest BCUT2D eigenvalue weighted by molar-refractivity contribution is 5.34. The van der Waals surface area contributed by atoms with Gasteiger partial charge in [0.25, 0.3) is 0 Å². The molecule has 0 aliphatic carbocycles. The number of halogens is 1. The molecule has 0 aliphatic rings. The van der Waals surface area contributed by atoms with Crippen LogP contribution in [0.1, 0.15) is 41.0 Å². The first kappa shape index (κ1) is 18.5. The number of hydrogen-bond donors (Lipinski definition) is 0. The van der Waals surface area contributed by atoms with E-state index in [0.717, 1.165) is 12.0 Å². The third-order valence-electron chi connectivity index (χ3n) is 3.27. The van der Waals surface area contributed by atoms with Gasteiger partial charge in [0, 0.05) is 6.07 Å². The largest absolute Gasteiger partial charge is 0.494 e. The van der Waals surface area contributed by atoms with Crippen LogP contribution in [0.4, 0.5) is 4.39 Å². The Labute approximate surface area is 122 Å². The molecule has 0 heterocycles. The van der Waals surface area contributed by atoms with Gasteiger partial charge in [0.05, 0.1) is 13.7 Å². The van der Waals surface area contributed by atoms with Crippen LogP contribution in [0.3, 0.4) is 0 Å². The molecule has 0 aromatic heterocycles. The molecular formula is C17H27FO2. The Morgan fingerprint density at radius 2 is 1.90 bits per heavy atom. The highest BCUT2D eigenvalue weighted by atomic mass is 19.1. The molecule has 1 rings (SSSR count). The molecule has 0 atom stereocenters. The van der Waals surface area contributed by atoms with Gasteiger partial charge >= 0.3 is 0 Å². The van der Waals surface area contributed by atoms with Crippen LogP contribution in [0.5, 0.6) is 11.5 Å². The summed E-state index contributed by atoms with van der Waals surface area (Å²) in [5.74, 6) is 0.435. The fourth-order valence-corrected chi connectivity index (χ4v) is 1.37. The van der Waals surface area contributed by atoms with Gasteiger partial charge in [0.15, 0.2) is 11.6 Å². The fraction of sp³-hybridized carbons (Fsp3) is 0.529. The number of methoxy groups -OCH3 is 1. The first-order valence-electron chi connectivity index (χ1n) is 6.99. The summed E-state index contributed by atoms with van der Waals surface area (Å²) in [6.07, 6.45) is 0.863. The van der Waals surface area contributed by atoms with Gasteiger partial charge in [-0.3, -0.25) is 0 Å². The molecule has 0 saturated heterocycles. The maximum Gasteiger partial charge on any atom is 0.165 e. The van der Waals surface area contributed by atoms with Gasteiger partial charge in [-0.15, -0.1) is 0 Å². The minimum atomic E-state index is -0.382. The molecule has 1 aromatic carbocycles. The van der Waals surface area contributed by atoms with Crippen LogP contribution in [0, 0.1) is 11.2 Å². The van der Waals surface area contributed by atoms with Gasteiger partial charge in [0.2, 0.25) is 0 Å². The van der Waals surface area contributed by atoms with Gasteiger partial charge in [-0.25, -0.2) is 4.39 Å². The van der Waals surface area contributed by atoms with Crippen LogP contribution < -0.4 is 9.47 Å². The summed E-state index contributed by atoms with van der Waals surface area (Å²) in [7, 11) is 1.44. The molecule has 0 aliphatic heterocycles. The van der Waals surface area contributed by atoms with Crippen LogP contribution in [-0.2, 0) is 0 Å². The summed E-state index contributed by atoms with van der Waals surface area (Å²) in [6, 6.07) is 4.51. The van der Waals surface area contributed by atoms with E-state index in [-0.39, 0.29) is 17.0 Å². The van der Waals surface area contributed by atoms with Crippen molar-refractivity contribution in [2.75, 3.05) is 13.7 Å². The predicted molar refractivity (Wildman–Crippen MR) is 83.0 cm³/mol.